The summed E-state index contributed by atoms with van der Waals surface area (Å²) >= 11 is 0. The lowest BCUT2D eigenvalue weighted by Crippen LogP contribution is -2.46. The first kappa shape index (κ1) is 18.7. The van der Waals surface area contributed by atoms with Crippen LogP contribution in [-0.2, 0) is 14.4 Å². The molecule has 1 aliphatic rings. The second-order valence-electron chi connectivity index (χ2n) is 5.35. The Morgan fingerprint density at radius 2 is 1.32 bits per heavy atom. The van der Waals surface area contributed by atoms with Crippen molar-refractivity contribution >= 4 is 18.5 Å². The van der Waals surface area contributed by atoms with Gasteiger partial charge in [0.1, 0.15) is 12.6 Å². The van der Waals surface area contributed by atoms with Crippen LogP contribution in [0.5, 0.6) is 0 Å². The van der Waals surface area contributed by atoms with E-state index in [1.54, 1.807) is 0 Å². The SMILES string of the molecule is O=CCN1CCNCCN(CC(=O)O)CCN(CC=O)CC1. The Balaban J connectivity index is 2.60. The highest BCUT2D eigenvalue weighted by Gasteiger charge is 2.14. The quantitative estimate of drug-likeness (QED) is 0.543. The summed E-state index contributed by atoms with van der Waals surface area (Å²) in [6.07, 6.45) is 1.75. The van der Waals surface area contributed by atoms with E-state index < -0.39 is 5.97 Å². The Bertz CT molecular complexity index is 354. The summed E-state index contributed by atoms with van der Waals surface area (Å²) in [6.45, 7) is 6.24. The summed E-state index contributed by atoms with van der Waals surface area (Å²) in [5.41, 5.74) is 0. The van der Waals surface area contributed by atoms with Gasteiger partial charge in [0, 0.05) is 52.4 Å². The minimum Gasteiger partial charge on any atom is -0.480 e. The van der Waals surface area contributed by atoms with Crippen LogP contribution >= 0.6 is 0 Å². The maximum absolute atomic E-state index is 10.9. The molecule has 22 heavy (non-hydrogen) atoms. The summed E-state index contributed by atoms with van der Waals surface area (Å²) in [6, 6.07) is 0. The van der Waals surface area contributed by atoms with Gasteiger partial charge in [-0.15, -0.1) is 0 Å². The molecule has 126 valence electrons. The molecular formula is C14H26N4O4. The smallest absolute Gasteiger partial charge is 0.317 e. The predicted molar refractivity (Wildman–Crippen MR) is 82.0 cm³/mol. The normalized spacial score (nSPS) is 20.7. The molecule has 1 fully saturated rings. The fourth-order valence-electron chi connectivity index (χ4n) is 2.43. The van der Waals surface area contributed by atoms with E-state index in [1.165, 1.54) is 0 Å². The number of carboxylic acids is 1. The zero-order chi connectivity index (χ0) is 16.2. The number of carbonyl (C=O) groups is 3. The number of nitrogens with one attached hydrogen (secondary N) is 1. The molecule has 1 rings (SSSR count). The Hall–Kier alpha value is -1.35. The number of carbonyl (C=O) groups excluding carboxylic acids is 2. The minimum atomic E-state index is -0.841. The summed E-state index contributed by atoms with van der Waals surface area (Å²) in [4.78, 5) is 38.3. The van der Waals surface area contributed by atoms with Crippen LogP contribution in [0.1, 0.15) is 0 Å². The van der Waals surface area contributed by atoms with Crippen LogP contribution in [0.15, 0.2) is 0 Å². The first-order valence-corrected chi connectivity index (χ1v) is 7.62. The first-order valence-electron chi connectivity index (χ1n) is 7.62. The maximum atomic E-state index is 10.9. The molecule has 8 heteroatoms. The number of aldehydes is 2. The van der Waals surface area contributed by atoms with Crippen molar-refractivity contribution in [3.8, 4) is 0 Å². The van der Waals surface area contributed by atoms with Gasteiger partial charge in [-0.05, 0) is 0 Å². The molecule has 0 unspecified atom stereocenters. The Morgan fingerprint density at radius 3 is 1.82 bits per heavy atom. The molecule has 0 bridgehead atoms. The third-order valence-electron chi connectivity index (χ3n) is 3.70. The molecule has 0 radical (unpaired) electrons. The lowest BCUT2D eigenvalue weighted by Gasteiger charge is -2.29. The largest absolute Gasteiger partial charge is 0.480 e. The number of hydrogen-bond donors (Lipinski definition) is 2. The summed E-state index contributed by atoms with van der Waals surface area (Å²) < 4.78 is 0. The molecule has 2 N–H and O–H groups in total. The molecule has 8 nitrogen and oxygen atoms in total. The van der Waals surface area contributed by atoms with E-state index in [-0.39, 0.29) is 6.54 Å². The van der Waals surface area contributed by atoms with Gasteiger partial charge in [0.25, 0.3) is 0 Å². The highest BCUT2D eigenvalue weighted by atomic mass is 16.4. The van der Waals surface area contributed by atoms with E-state index in [2.05, 4.69) is 10.2 Å². The van der Waals surface area contributed by atoms with Gasteiger partial charge in [-0.25, -0.2) is 0 Å². The summed E-state index contributed by atoms with van der Waals surface area (Å²) in [5, 5.41) is 12.2. The number of carboxylic acid groups (broad SMARTS) is 1. The second-order valence-corrected chi connectivity index (χ2v) is 5.35. The van der Waals surface area contributed by atoms with Gasteiger partial charge in [-0.2, -0.15) is 0 Å². The van der Waals surface area contributed by atoms with Gasteiger partial charge in [-0.3, -0.25) is 19.5 Å². The monoisotopic (exact) mass is 314 g/mol. The Morgan fingerprint density at radius 1 is 0.864 bits per heavy atom. The van der Waals surface area contributed by atoms with Crippen LogP contribution in [0.2, 0.25) is 0 Å². The fraction of sp³-hybridized carbons (Fsp3) is 0.786. The van der Waals surface area contributed by atoms with Crippen molar-refractivity contribution < 1.29 is 19.5 Å². The van der Waals surface area contributed by atoms with E-state index in [0.29, 0.717) is 52.4 Å². The molecule has 0 aromatic rings. The molecule has 0 saturated carbocycles. The zero-order valence-electron chi connectivity index (χ0n) is 12.9. The molecule has 0 aromatic heterocycles. The van der Waals surface area contributed by atoms with E-state index in [9.17, 15) is 14.4 Å². The third-order valence-corrected chi connectivity index (χ3v) is 3.70. The highest BCUT2D eigenvalue weighted by Crippen LogP contribution is 1.96. The minimum absolute atomic E-state index is 0.00781. The van der Waals surface area contributed by atoms with Crippen LogP contribution in [0, 0.1) is 0 Å². The fourth-order valence-corrected chi connectivity index (χ4v) is 2.43. The number of aliphatic carboxylic acids is 1. The van der Waals surface area contributed by atoms with Crippen molar-refractivity contribution in [1.29, 1.82) is 0 Å². The average molecular weight is 314 g/mol. The van der Waals surface area contributed by atoms with Crippen LogP contribution in [0.3, 0.4) is 0 Å². The van der Waals surface area contributed by atoms with Crippen LogP contribution in [0.25, 0.3) is 0 Å². The van der Waals surface area contributed by atoms with Crippen molar-refractivity contribution in [3.05, 3.63) is 0 Å². The number of nitrogens with zero attached hydrogens (tertiary/aromatic N) is 3. The van der Waals surface area contributed by atoms with Crippen molar-refractivity contribution in [1.82, 2.24) is 20.0 Å². The van der Waals surface area contributed by atoms with Gasteiger partial charge in [0.15, 0.2) is 0 Å². The topological polar surface area (TPSA) is 93.2 Å². The molecule has 0 spiro atoms. The lowest BCUT2D eigenvalue weighted by atomic mass is 10.3. The Labute approximate surface area is 131 Å². The highest BCUT2D eigenvalue weighted by molar-refractivity contribution is 5.69. The lowest BCUT2D eigenvalue weighted by molar-refractivity contribution is -0.138. The summed E-state index contributed by atoms with van der Waals surface area (Å²) in [7, 11) is 0. The average Bonchev–Trinajstić information content (AvgIpc) is 2.46. The van der Waals surface area contributed by atoms with Gasteiger partial charge >= 0.3 is 5.97 Å². The molecule has 1 aliphatic heterocycles. The zero-order valence-corrected chi connectivity index (χ0v) is 12.9. The summed E-state index contributed by atoms with van der Waals surface area (Å²) in [5.74, 6) is -0.841. The van der Waals surface area contributed by atoms with Gasteiger partial charge in [0.2, 0.25) is 0 Å². The molecule has 0 amide bonds. The molecule has 1 saturated heterocycles. The second kappa shape index (κ2) is 11.2. The van der Waals surface area contributed by atoms with Crippen molar-refractivity contribution in [3.63, 3.8) is 0 Å². The van der Waals surface area contributed by atoms with Gasteiger partial charge in [-0.1, -0.05) is 0 Å². The first-order chi connectivity index (χ1) is 10.7. The number of rotatable bonds is 6. The predicted octanol–water partition coefficient (Wildman–Crippen LogP) is -2.02. The third kappa shape index (κ3) is 8.18. The maximum Gasteiger partial charge on any atom is 0.317 e. The van der Waals surface area contributed by atoms with Crippen molar-refractivity contribution in [2.45, 2.75) is 0 Å². The standard InChI is InChI=1S/C14H26N4O4/c19-11-9-16-3-1-15-2-4-18(13-14(21)22)8-7-17(6-5-16)10-12-20/h11-12,15H,1-10,13H2,(H,21,22). The molecule has 1 heterocycles. The van der Waals surface area contributed by atoms with Crippen molar-refractivity contribution in [2.24, 2.45) is 0 Å². The van der Waals surface area contributed by atoms with Crippen LogP contribution in [-0.4, -0.2) is 110 Å². The number of hydrogen-bond acceptors (Lipinski definition) is 7. The molecule has 0 aliphatic carbocycles. The molecule has 0 aromatic carbocycles. The van der Waals surface area contributed by atoms with Crippen LogP contribution in [0.4, 0.5) is 0 Å². The van der Waals surface area contributed by atoms with Crippen LogP contribution < -0.4 is 5.32 Å². The van der Waals surface area contributed by atoms with Crippen molar-refractivity contribution in [2.75, 3.05) is 72.0 Å². The van der Waals surface area contributed by atoms with E-state index in [1.807, 2.05) is 9.80 Å². The molecule has 0 atom stereocenters. The van der Waals surface area contributed by atoms with Gasteiger partial charge < -0.3 is 20.0 Å². The van der Waals surface area contributed by atoms with Gasteiger partial charge in [0.05, 0.1) is 19.6 Å². The van der Waals surface area contributed by atoms with E-state index in [0.717, 1.165) is 25.7 Å². The van der Waals surface area contributed by atoms with E-state index >= 15 is 0 Å². The molecular weight excluding hydrogens is 288 g/mol. The van der Waals surface area contributed by atoms with E-state index in [4.69, 9.17) is 5.11 Å². The Kier molecular flexibility index (Phi) is 9.56.